The molecule has 2 heterocycles. The van der Waals surface area contributed by atoms with E-state index in [0.29, 0.717) is 19.3 Å². The molecule has 2 N–H and O–H groups in total. The number of fused-ring (bicyclic) bond motifs is 2. The van der Waals surface area contributed by atoms with Crippen LogP contribution in [-0.4, -0.2) is 83.6 Å². The number of aliphatic hydroxyl groups is 2. The second-order valence-corrected chi connectivity index (χ2v) is 43.9. The van der Waals surface area contributed by atoms with Gasteiger partial charge in [0.05, 0.1) is 0 Å². The Hall–Kier alpha value is 0.297. The molecule has 0 spiro atoms. The molecule has 0 aromatic carbocycles. The van der Waals surface area contributed by atoms with E-state index >= 15 is 0 Å². The van der Waals surface area contributed by atoms with E-state index in [-0.39, 0.29) is 24.4 Å². The fraction of sp³-hybridized carbons (Fsp3) is 0.857. The first-order chi connectivity index (χ1) is 23.8. The molecular weight excluding hydrogens is 822 g/mol. The Labute approximate surface area is 312 Å². The number of allylic oxidation sites excluding steroid dienone is 2. The summed E-state index contributed by atoms with van der Waals surface area (Å²) in [5, 5.41) is 21.2. The molecule has 1 saturated heterocycles. The van der Waals surface area contributed by atoms with Gasteiger partial charge in [0, 0.05) is 0 Å². The van der Waals surface area contributed by atoms with Gasteiger partial charge in [-0.15, -0.1) is 0 Å². The molecule has 6 atom stereocenters. The quantitative estimate of drug-likeness (QED) is 0.0514. The second kappa shape index (κ2) is 27.0. The maximum absolute atomic E-state index is 10.6. The van der Waals surface area contributed by atoms with Gasteiger partial charge in [-0.25, -0.2) is 0 Å². The molecule has 0 unspecified atom stereocenters. The van der Waals surface area contributed by atoms with Crippen LogP contribution in [0.5, 0.6) is 0 Å². The summed E-state index contributed by atoms with van der Waals surface area (Å²) in [7, 11) is 0. The molecule has 49 heavy (non-hydrogen) atoms. The zero-order chi connectivity index (χ0) is 35.8. The number of aliphatic hydroxyl groups excluding tert-OH is 2. The van der Waals surface area contributed by atoms with Gasteiger partial charge in [0.15, 0.2) is 0 Å². The summed E-state index contributed by atoms with van der Waals surface area (Å²) in [6.07, 6.45) is 29.2. The summed E-state index contributed by atoms with van der Waals surface area (Å²) >= 11 is -4.56. The monoisotopic (exact) mass is 904 g/mol. The van der Waals surface area contributed by atoms with E-state index in [2.05, 4.69) is 59.8 Å². The predicted molar refractivity (Wildman–Crippen MR) is 216 cm³/mol. The van der Waals surface area contributed by atoms with Gasteiger partial charge in [-0.2, -0.15) is 0 Å². The van der Waals surface area contributed by atoms with E-state index in [1.807, 2.05) is 18.6 Å². The van der Waals surface area contributed by atoms with Crippen molar-refractivity contribution >= 4 is 36.8 Å². The summed E-state index contributed by atoms with van der Waals surface area (Å²) in [4.78, 5) is 0. The van der Waals surface area contributed by atoms with Crippen molar-refractivity contribution < 1.29 is 24.4 Å². The molecule has 0 aromatic heterocycles. The van der Waals surface area contributed by atoms with Crippen LogP contribution in [0.15, 0.2) is 36.8 Å². The predicted octanol–water partition coefficient (Wildman–Crippen LogP) is 12.1. The third kappa shape index (κ3) is 17.3. The molecule has 286 valence electrons. The standard InChI is InChI=1S/C18H26O5.6C4H9.2Sn/c1-3-10-21-17-12-18(22-11-4-2)16-9-8-14(20)13(19)6-5-7-15(17)23-16;6*1-3-4-2;;/h3-5,7,10-11,13-20H,1-2,6,8-9,12H2;6*1,3-4H2,2H3;;/b7-5-,10-3-,11-4-;;;;;;;;/t13-,14-,15+,16-,17-,18+;;;;;;;;/m0......../s1. The van der Waals surface area contributed by atoms with Crippen molar-refractivity contribution in [1.82, 2.24) is 0 Å². The van der Waals surface area contributed by atoms with Gasteiger partial charge in [0.25, 0.3) is 0 Å². The van der Waals surface area contributed by atoms with Gasteiger partial charge in [-0.05, 0) is 0 Å². The molecule has 0 amide bonds. The molecule has 0 saturated carbocycles. The molecule has 2 rings (SSSR count). The van der Waals surface area contributed by atoms with E-state index < -0.39 is 49.0 Å². The van der Waals surface area contributed by atoms with E-state index in [4.69, 9.17) is 14.2 Å². The van der Waals surface area contributed by atoms with Gasteiger partial charge in [-0.1, -0.05) is 0 Å². The Kier molecular flexibility index (Phi) is 25.0. The summed E-state index contributed by atoms with van der Waals surface area (Å²) in [5.41, 5.74) is 0. The molecule has 0 radical (unpaired) electrons. The molecule has 5 nitrogen and oxygen atoms in total. The average molecular weight is 903 g/mol. The van der Waals surface area contributed by atoms with Crippen LogP contribution in [0.3, 0.4) is 0 Å². The number of unbranched alkanes of at least 4 members (excludes halogenated alkanes) is 6. The van der Waals surface area contributed by atoms with Gasteiger partial charge in [0.1, 0.15) is 0 Å². The Balaban J connectivity index is 2.23. The van der Waals surface area contributed by atoms with Crippen molar-refractivity contribution in [3.8, 4) is 0 Å². The number of hydrogen-bond acceptors (Lipinski definition) is 5. The molecule has 2 aliphatic heterocycles. The Morgan fingerprint density at radius 3 is 1.47 bits per heavy atom. The number of hydrogen-bond donors (Lipinski definition) is 2. The van der Waals surface area contributed by atoms with E-state index in [9.17, 15) is 10.2 Å². The first-order valence-corrected chi connectivity index (χ1v) is 37.2. The molecule has 0 aromatic rings. The van der Waals surface area contributed by atoms with Crippen LogP contribution in [-0.2, 0) is 14.2 Å². The average Bonchev–Trinajstić information content (AvgIpc) is 3.12. The second-order valence-electron chi connectivity index (χ2n) is 15.9. The van der Waals surface area contributed by atoms with Crippen molar-refractivity contribution in [2.45, 2.75) is 216 Å². The van der Waals surface area contributed by atoms with Crippen LogP contribution in [0, 0.1) is 0 Å². The van der Waals surface area contributed by atoms with Gasteiger partial charge < -0.3 is 0 Å². The maximum atomic E-state index is 10.6. The fourth-order valence-electron chi connectivity index (χ4n) is 8.21. The van der Waals surface area contributed by atoms with Gasteiger partial charge in [0.2, 0.25) is 0 Å². The fourth-order valence-corrected chi connectivity index (χ4v) is 38.3. The molecule has 0 aliphatic carbocycles. The van der Waals surface area contributed by atoms with Crippen molar-refractivity contribution in [2.75, 3.05) is 0 Å². The minimum absolute atomic E-state index is 0.132. The van der Waals surface area contributed by atoms with E-state index in [1.54, 1.807) is 0 Å². The van der Waals surface area contributed by atoms with E-state index in [1.165, 1.54) is 113 Å². The van der Waals surface area contributed by atoms with Crippen molar-refractivity contribution in [2.24, 2.45) is 0 Å². The SMILES string of the molecule is CCC[CH2][Sn]([CH2]/C=C\O[C@H]1C[C@@H](O/C=C\[CH2][Sn]([CH2]CCC)([CH2]CCC)[CH2]CCC)[C@@H]2CC[C@H](O)[C@@H](O)C/C=C\[C@H]1O2)([CH2]CCC)[CH2]CCC. The first-order valence-electron chi connectivity index (χ1n) is 21.1. The Morgan fingerprint density at radius 2 is 1.04 bits per heavy atom. The van der Waals surface area contributed by atoms with E-state index in [0.717, 1.165) is 6.42 Å². The van der Waals surface area contributed by atoms with Crippen LogP contribution in [0.4, 0.5) is 0 Å². The van der Waals surface area contributed by atoms with Gasteiger partial charge in [-0.3, -0.25) is 0 Å². The van der Waals surface area contributed by atoms with Crippen molar-refractivity contribution in [3.05, 3.63) is 36.8 Å². The Bertz CT molecular complexity index is 864. The van der Waals surface area contributed by atoms with Crippen LogP contribution in [0.1, 0.15) is 144 Å². The van der Waals surface area contributed by atoms with Crippen molar-refractivity contribution in [3.63, 3.8) is 0 Å². The van der Waals surface area contributed by atoms with Crippen LogP contribution >= 0.6 is 0 Å². The van der Waals surface area contributed by atoms with Crippen LogP contribution in [0.2, 0.25) is 35.5 Å². The van der Waals surface area contributed by atoms with Crippen molar-refractivity contribution in [1.29, 1.82) is 0 Å². The Morgan fingerprint density at radius 1 is 0.612 bits per heavy atom. The molecule has 2 bridgehead atoms. The molecule has 2 aliphatic rings. The number of ether oxygens (including phenoxy) is 3. The summed E-state index contributed by atoms with van der Waals surface area (Å²) in [5.74, 6) is 0. The zero-order valence-electron chi connectivity index (χ0n) is 33.0. The molecule has 7 heteroatoms. The molecule has 1 fully saturated rings. The minimum atomic E-state index is -2.28. The zero-order valence-corrected chi connectivity index (χ0v) is 38.7. The normalized spacial score (nSPS) is 26.0. The summed E-state index contributed by atoms with van der Waals surface area (Å²) in [6.45, 7) is 14.1. The summed E-state index contributed by atoms with van der Waals surface area (Å²) < 4.78 is 31.5. The third-order valence-corrected chi connectivity index (χ3v) is 42.1. The van der Waals surface area contributed by atoms with Crippen LogP contribution in [0.25, 0.3) is 0 Å². The third-order valence-electron chi connectivity index (χ3n) is 11.6. The molecular formula is C42H80O5Sn2. The van der Waals surface area contributed by atoms with Crippen LogP contribution < -0.4 is 0 Å². The first kappa shape index (κ1) is 45.5. The van der Waals surface area contributed by atoms with Gasteiger partial charge >= 0.3 is 314 Å². The topological polar surface area (TPSA) is 68.2 Å². The number of rotatable bonds is 26. The summed E-state index contributed by atoms with van der Waals surface area (Å²) in [6, 6.07) is 0.